The SMILES string of the molecule is C=CCOC(=O)c1cc2c(NC(=O)C3CC(CC(=O)S)CN3C(=O)OCC=C)cccc2cn1. The van der Waals surface area contributed by atoms with Crippen molar-refractivity contribution in [1.29, 1.82) is 0 Å². The molecule has 1 fully saturated rings. The van der Waals surface area contributed by atoms with Gasteiger partial charge >= 0.3 is 12.1 Å². The maximum absolute atomic E-state index is 13.2. The largest absolute Gasteiger partial charge is 0.457 e. The summed E-state index contributed by atoms with van der Waals surface area (Å²) < 4.78 is 10.2. The summed E-state index contributed by atoms with van der Waals surface area (Å²) in [6, 6.07) is 5.90. The molecule has 1 saturated heterocycles. The number of hydrogen-bond donors (Lipinski definition) is 2. The van der Waals surface area contributed by atoms with E-state index in [0.29, 0.717) is 16.5 Å². The second-order valence-electron chi connectivity index (χ2n) is 7.71. The number of thiol groups is 1. The highest BCUT2D eigenvalue weighted by Gasteiger charge is 2.41. The molecule has 2 atom stereocenters. The monoisotopic (exact) mass is 483 g/mol. The summed E-state index contributed by atoms with van der Waals surface area (Å²) >= 11 is 3.82. The molecule has 0 saturated carbocycles. The molecule has 2 heterocycles. The van der Waals surface area contributed by atoms with Crippen molar-refractivity contribution < 1.29 is 28.7 Å². The van der Waals surface area contributed by atoms with Gasteiger partial charge in [-0.2, -0.15) is 0 Å². The number of esters is 1. The number of anilines is 1. The number of benzene rings is 1. The van der Waals surface area contributed by atoms with E-state index in [1.54, 1.807) is 18.2 Å². The second-order valence-corrected chi connectivity index (χ2v) is 8.20. The van der Waals surface area contributed by atoms with E-state index in [4.69, 9.17) is 9.47 Å². The molecule has 3 rings (SSSR count). The van der Waals surface area contributed by atoms with E-state index in [2.05, 4.69) is 36.1 Å². The summed E-state index contributed by atoms with van der Waals surface area (Å²) in [5, 5.41) is 3.81. The lowest BCUT2D eigenvalue weighted by atomic mass is 10.0. The van der Waals surface area contributed by atoms with Gasteiger partial charge in [-0.15, -0.1) is 12.6 Å². The quantitative estimate of drug-likeness (QED) is 0.319. The van der Waals surface area contributed by atoms with Crippen molar-refractivity contribution in [3.8, 4) is 0 Å². The summed E-state index contributed by atoms with van der Waals surface area (Å²) in [6.07, 6.45) is 4.15. The highest BCUT2D eigenvalue weighted by atomic mass is 32.1. The number of nitrogens with one attached hydrogen (secondary N) is 1. The van der Waals surface area contributed by atoms with Gasteiger partial charge in [0.25, 0.3) is 0 Å². The molecule has 1 aliphatic rings. The zero-order chi connectivity index (χ0) is 24.7. The van der Waals surface area contributed by atoms with Gasteiger partial charge in [-0.3, -0.25) is 14.5 Å². The van der Waals surface area contributed by atoms with Crippen LogP contribution in [0.5, 0.6) is 0 Å². The summed E-state index contributed by atoms with van der Waals surface area (Å²) in [5.74, 6) is -1.28. The number of rotatable bonds is 9. The Kier molecular flexibility index (Phi) is 8.42. The van der Waals surface area contributed by atoms with Crippen molar-refractivity contribution in [3.05, 3.63) is 61.5 Å². The minimum absolute atomic E-state index is 0.000883. The van der Waals surface area contributed by atoms with Crippen molar-refractivity contribution in [1.82, 2.24) is 9.88 Å². The number of likely N-dealkylation sites (tertiary alicyclic amines) is 1. The Bertz CT molecular complexity index is 1130. The third-order valence-electron chi connectivity index (χ3n) is 5.28. The molecule has 34 heavy (non-hydrogen) atoms. The highest BCUT2D eigenvalue weighted by Crippen LogP contribution is 2.30. The Morgan fingerprint density at radius 3 is 2.62 bits per heavy atom. The van der Waals surface area contributed by atoms with Crippen LogP contribution in [0, 0.1) is 5.92 Å². The van der Waals surface area contributed by atoms with E-state index in [-0.39, 0.29) is 49.3 Å². The number of nitrogens with zero attached hydrogens (tertiary/aromatic N) is 2. The zero-order valence-electron chi connectivity index (χ0n) is 18.4. The van der Waals surface area contributed by atoms with Crippen LogP contribution in [0.1, 0.15) is 23.3 Å². The number of carbonyl (C=O) groups excluding carboxylic acids is 4. The Balaban J connectivity index is 1.85. The van der Waals surface area contributed by atoms with E-state index < -0.39 is 24.0 Å². The molecule has 0 bridgehead atoms. The average Bonchev–Trinajstić information content (AvgIpc) is 3.24. The van der Waals surface area contributed by atoms with Crippen LogP contribution in [0.2, 0.25) is 0 Å². The fourth-order valence-corrected chi connectivity index (χ4v) is 4.05. The summed E-state index contributed by atoms with van der Waals surface area (Å²) in [5.41, 5.74) is 0.523. The molecular weight excluding hydrogens is 458 g/mol. The standard InChI is InChI=1S/C24H25N3O6S/c1-3-8-32-23(30)19-12-17-16(13-25-19)6-5-7-18(17)26-22(29)20-10-15(11-21(28)34)14-27(20)24(31)33-9-4-2/h3-7,12-13,15,20H,1-2,8-11,14H2,(H,26,29)(H,28,34). The molecule has 9 nitrogen and oxygen atoms in total. The van der Waals surface area contributed by atoms with Crippen molar-refractivity contribution in [3.63, 3.8) is 0 Å². The number of aromatic nitrogens is 1. The van der Waals surface area contributed by atoms with Gasteiger partial charge < -0.3 is 14.8 Å². The number of amides is 2. The van der Waals surface area contributed by atoms with Crippen LogP contribution >= 0.6 is 12.6 Å². The number of fused-ring (bicyclic) bond motifs is 1. The van der Waals surface area contributed by atoms with Crippen LogP contribution in [0.4, 0.5) is 10.5 Å². The summed E-state index contributed by atoms with van der Waals surface area (Å²) in [7, 11) is 0. The van der Waals surface area contributed by atoms with Crippen molar-refractivity contribution in [2.75, 3.05) is 25.1 Å². The number of carbonyl (C=O) groups is 4. The van der Waals surface area contributed by atoms with Crippen LogP contribution in [0.3, 0.4) is 0 Å². The molecule has 2 amide bonds. The molecule has 1 aromatic heterocycles. The molecule has 2 aromatic rings. The lowest BCUT2D eigenvalue weighted by Gasteiger charge is -2.23. The van der Waals surface area contributed by atoms with Gasteiger partial charge in [-0.1, -0.05) is 37.4 Å². The Labute approximate surface area is 202 Å². The van der Waals surface area contributed by atoms with E-state index in [1.165, 1.54) is 29.3 Å². The highest BCUT2D eigenvalue weighted by molar-refractivity contribution is 7.96. The molecule has 0 radical (unpaired) electrons. The van der Waals surface area contributed by atoms with Gasteiger partial charge in [0.15, 0.2) is 5.12 Å². The van der Waals surface area contributed by atoms with Crippen LogP contribution in [-0.2, 0) is 19.1 Å². The van der Waals surface area contributed by atoms with Crippen LogP contribution in [-0.4, -0.2) is 58.8 Å². The first-order valence-electron chi connectivity index (χ1n) is 10.6. The van der Waals surface area contributed by atoms with Gasteiger partial charge in [0, 0.05) is 35.6 Å². The molecule has 0 spiro atoms. The third kappa shape index (κ3) is 6.02. The Morgan fingerprint density at radius 2 is 1.91 bits per heavy atom. The molecule has 1 aromatic carbocycles. The zero-order valence-corrected chi connectivity index (χ0v) is 19.3. The lowest BCUT2D eigenvalue weighted by molar-refractivity contribution is -0.120. The first-order valence-corrected chi connectivity index (χ1v) is 11.0. The van der Waals surface area contributed by atoms with Crippen molar-refractivity contribution >= 4 is 52.2 Å². The predicted molar refractivity (Wildman–Crippen MR) is 130 cm³/mol. The maximum atomic E-state index is 13.2. The van der Waals surface area contributed by atoms with E-state index in [1.807, 2.05) is 0 Å². The molecule has 178 valence electrons. The minimum atomic E-state index is -0.843. The molecule has 1 N–H and O–H groups in total. The first-order chi connectivity index (χ1) is 16.3. The Morgan fingerprint density at radius 1 is 1.18 bits per heavy atom. The number of hydrogen-bond acceptors (Lipinski definition) is 7. The van der Waals surface area contributed by atoms with Crippen LogP contribution < -0.4 is 5.32 Å². The van der Waals surface area contributed by atoms with Crippen LogP contribution in [0.15, 0.2) is 55.8 Å². The van der Waals surface area contributed by atoms with E-state index in [0.717, 1.165) is 0 Å². The fraction of sp³-hybridized carbons (Fsp3) is 0.292. The fourth-order valence-electron chi connectivity index (χ4n) is 3.80. The average molecular weight is 484 g/mol. The molecule has 10 heteroatoms. The summed E-state index contributed by atoms with van der Waals surface area (Å²) in [6.45, 7) is 7.27. The van der Waals surface area contributed by atoms with Gasteiger partial charge in [0.05, 0.1) is 0 Å². The van der Waals surface area contributed by atoms with E-state index >= 15 is 0 Å². The first kappa shape index (κ1) is 25.0. The van der Waals surface area contributed by atoms with Crippen molar-refractivity contribution in [2.24, 2.45) is 5.92 Å². The number of pyridine rings is 1. The topological polar surface area (TPSA) is 115 Å². The third-order valence-corrected chi connectivity index (χ3v) is 5.46. The van der Waals surface area contributed by atoms with E-state index in [9.17, 15) is 19.2 Å². The number of ether oxygens (including phenoxy) is 2. The van der Waals surface area contributed by atoms with Gasteiger partial charge in [0.1, 0.15) is 24.9 Å². The van der Waals surface area contributed by atoms with Crippen molar-refractivity contribution in [2.45, 2.75) is 18.9 Å². The molecular formula is C24H25N3O6S. The molecule has 2 unspecified atom stereocenters. The lowest BCUT2D eigenvalue weighted by Crippen LogP contribution is -2.43. The summed E-state index contributed by atoms with van der Waals surface area (Å²) in [4.78, 5) is 54.9. The molecule has 1 aliphatic heterocycles. The second kappa shape index (κ2) is 11.5. The normalized spacial score (nSPS) is 17.1. The van der Waals surface area contributed by atoms with Gasteiger partial charge in [-0.25, -0.2) is 14.6 Å². The van der Waals surface area contributed by atoms with Gasteiger partial charge in [-0.05, 0) is 24.5 Å². The molecule has 0 aliphatic carbocycles. The van der Waals surface area contributed by atoms with Crippen LogP contribution in [0.25, 0.3) is 10.8 Å². The maximum Gasteiger partial charge on any atom is 0.410 e. The Hall–Kier alpha value is -3.66. The smallest absolute Gasteiger partial charge is 0.410 e. The predicted octanol–water partition coefficient (Wildman–Crippen LogP) is 3.38. The minimum Gasteiger partial charge on any atom is -0.457 e. The van der Waals surface area contributed by atoms with Gasteiger partial charge in [0.2, 0.25) is 5.91 Å².